The molecule has 21 heavy (non-hydrogen) atoms. The maximum Gasteiger partial charge on any atom is 0.135 e. The van der Waals surface area contributed by atoms with Gasteiger partial charge in [0.15, 0.2) is 0 Å². The van der Waals surface area contributed by atoms with E-state index in [0.29, 0.717) is 0 Å². The van der Waals surface area contributed by atoms with Gasteiger partial charge in [-0.3, -0.25) is 4.21 Å². The van der Waals surface area contributed by atoms with Gasteiger partial charge in [-0.2, -0.15) is 0 Å². The van der Waals surface area contributed by atoms with Crippen molar-refractivity contribution in [2.75, 3.05) is 30.9 Å². The number of anilines is 2. The first-order chi connectivity index (χ1) is 9.99. The SMILES string of the molecule is Cc1ccc2c(c1)S(=O)C(c1ccc(N(C)C)cc1)N2C. The highest BCUT2D eigenvalue weighted by Crippen LogP contribution is 2.43. The molecule has 0 spiro atoms. The molecule has 0 saturated heterocycles. The van der Waals surface area contributed by atoms with Crippen LogP contribution in [0.3, 0.4) is 0 Å². The molecule has 4 heteroatoms. The number of benzene rings is 2. The predicted octanol–water partition coefficient (Wildman–Crippen LogP) is 3.32. The van der Waals surface area contributed by atoms with Crippen molar-refractivity contribution < 1.29 is 4.21 Å². The van der Waals surface area contributed by atoms with Crippen LogP contribution >= 0.6 is 0 Å². The summed E-state index contributed by atoms with van der Waals surface area (Å²) in [6.07, 6.45) is 0. The third-order valence-corrected chi connectivity index (χ3v) is 5.72. The molecular weight excluding hydrogens is 280 g/mol. The van der Waals surface area contributed by atoms with Gasteiger partial charge in [-0.15, -0.1) is 0 Å². The average molecular weight is 300 g/mol. The van der Waals surface area contributed by atoms with Crippen molar-refractivity contribution in [1.29, 1.82) is 0 Å². The maximum atomic E-state index is 12.8. The Bertz CT molecular complexity index is 694. The number of fused-ring (bicyclic) bond motifs is 1. The smallest absolute Gasteiger partial charge is 0.135 e. The molecule has 0 bridgehead atoms. The van der Waals surface area contributed by atoms with Crippen molar-refractivity contribution in [3.63, 3.8) is 0 Å². The lowest BCUT2D eigenvalue weighted by Gasteiger charge is -2.22. The third kappa shape index (κ3) is 2.33. The zero-order valence-electron chi connectivity index (χ0n) is 12.8. The molecule has 0 fully saturated rings. The van der Waals surface area contributed by atoms with Gasteiger partial charge in [0.2, 0.25) is 0 Å². The highest BCUT2D eigenvalue weighted by atomic mass is 32.2. The summed E-state index contributed by atoms with van der Waals surface area (Å²) in [4.78, 5) is 5.13. The van der Waals surface area contributed by atoms with Crippen molar-refractivity contribution in [2.45, 2.75) is 17.2 Å². The highest BCUT2D eigenvalue weighted by Gasteiger charge is 2.34. The Hall–Kier alpha value is -1.81. The van der Waals surface area contributed by atoms with Crippen LogP contribution in [0.15, 0.2) is 47.4 Å². The van der Waals surface area contributed by atoms with Crippen LogP contribution in [0.4, 0.5) is 11.4 Å². The lowest BCUT2D eigenvalue weighted by molar-refractivity contribution is 0.676. The molecule has 2 unspecified atom stereocenters. The Morgan fingerprint density at radius 2 is 1.76 bits per heavy atom. The van der Waals surface area contributed by atoms with E-state index in [9.17, 15) is 4.21 Å². The molecule has 0 N–H and O–H groups in total. The number of hydrogen-bond donors (Lipinski definition) is 0. The van der Waals surface area contributed by atoms with Crippen molar-refractivity contribution >= 4 is 22.2 Å². The van der Waals surface area contributed by atoms with Crippen molar-refractivity contribution in [2.24, 2.45) is 0 Å². The van der Waals surface area contributed by atoms with E-state index in [-0.39, 0.29) is 5.37 Å². The fourth-order valence-electron chi connectivity index (χ4n) is 2.75. The van der Waals surface area contributed by atoms with Crippen molar-refractivity contribution in [1.82, 2.24) is 0 Å². The molecule has 110 valence electrons. The second-order valence-electron chi connectivity index (χ2n) is 5.72. The molecule has 1 aliphatic rings. The van der Waals surface area contributed by atoms with Gasteiger partial charge in [-0.05, 0) is 42.3 Å². The summed E-state index contributed by atoms with van der Waals surface area (Å²) in [5.74, 6) is 0. The van der Waals surface area contributed by atoms with Gasteiger partial charge in [0.05, 0.1) is 21.4 Å². The summed E-state index contributed by atoms with van der Waals surface area (Å²) in [7, 11) is 5.03. The molecular formula is C17H20N2OS. The normalized spacial score (nSPS) is 20.5. The Kier molecular flexibility index (Phi) is 3.49. The van der Waals surface area contributed by atoms with E-state index in [0.717, 1.165) is 27.4 Å². The zero-order chi connectivity index (χ0) is 15.1. The van der Waals surface area contributed by atoms with Crippen LogP contribution in [0.5, 0.6) is 0 Å². The quantitative estimate of drug-likeness (QED) is 0.850. The number of rotatable bonds is 2. The van der Waals surface area contributed by atoms with E-state index in [2.05, 4.69) is 46.2 Å². The topological polar surface area (TPSA) is 23.6 Å². The second-order valence-corrected chi connectivity index (χ2v) is 7.20. The van der Waals surface area contributed by atoms with Crippen LogP contribution in [-0.4, -0.2) is 25.4 Å². The van der Waals surface area contributed by atoms with Crippen LogP contribution in [0.1, 0.15) is 16.5 Å². The van der Waals surface area contributed by atoms with Crippen LogP contribution in [0.25, 0.3) is 0 Å². The van der Waals surface area contributed by atoms with E-state index in [1.54, 1.807) is 0 Å². The summed E-state index contributed by atoms with van der Waals surface area (Å²) < 4.78 is 12.8. The summed E-state index contributed by atoms with van der Waals surface area (Å²) in [5, 5.41) is -0.0991. The zero-order valence-corrected chi connectivity index (χ0v) is 13.6. The number of nitrogens with zero attached hydrogens (tertiary/aromatic N) is 2. The number of aryl methyl sites for hydroxylation is 1. The minimum atomic E-state index is -1.03. The molecule has 0 aromatic heterocycles. The fourth-order valence-corrected chi connectivity index (χ4v) is 4.51. The van der Waals surface area contributed by atoms with E-state index in [4.69, 9.17) is 0 Å². The van der Waals surface area contributed by atoms with Gasteiger partial charge in [-0.25, -0.2) is 0 Å². The third-order valence-electron chi connectivity index (χ3n) is 3.96. The first kappa shape index (κ1) is 14.1. The van der Waals surface area contributed by atoms with Gasteiger partial charge in [-0.1, -0.05) is 18.2 Å². The van der Waals surface area contributed by atoms with E-state index in [1.165, 1.54) is 0 Å². The molecule has 0 amide bonds. The van der Waals surface area contributed by atoms with Gasteiger partial charge >= 0.3 is 0 Å². The number of hydrogen-bond acceptors (Lipinski definition) is 3. The van der Waals surface area contributed by atoms with Gasteiger partial charge < -0.3 is 9.80 Å². The van der Waals surface area contributed by atoms with Gasteiger partial charge in [0.25, 0.3) is 0 Å². The lowest BCUT2D eigenvalue weighted by Crippen LogP contribution is -2.21. The van der Waals surface area contributed by atoms with Crippen molar-refractivity contribution in [3.05, 3.63) is 53.6 Å². The lowest BCUT2D eigenvalue weighted by atomic mass is 10.1. The van der Waals surface area contributed by atoms with Crippen LogP contribution in [-0.2, 0) is 10.8 Å². The maximum absolute atomic E-state index is 12.8. The molecule has 2 aromatic carbocycles. The van der Waals surface area contributed by atoms with Crippen LogP contribution in [0.2, 0.25) is 0 Å². The molecule has 2 atom stereocenters. The molecule has 3 nitrogen and oxygen atoms in total. The van der Waals surface area contributed by atoms with E-state index >= 15 is 0 Å². The van der Waals surface area contributed by atoms with Crippen LogP contribution < -0.4 is 9.80 Å². The monoisotopic (exact) mass is 300 g/mol. The molecule has 0 aliphatic carbocycles. The summed E-state index contributed by atoms with van der Waals surface area (Å²) >= 11 is 0. The Labute approximate surface area is 128 Å². The summed E-state index contributed by atoms with van der Waals surface area (Å²) in [6.45, 7) is 2.04. The highest BCUT2D eigenvalue weighted by molar-refractivity contribution is 7.86. The van der Waals surface area contributed by atoms with E-state index in [1.807, 2.05) is 34.1 Å². The summed E-state index contributed by atoms with van der Waals surface area (Å²) in [5.41, 5.74) is 4.47. The largest absolute Gasteiger partial charge is 0.378 e. The molecule has 0 saturated carbocycles. The predicted molar refractivity (Wildman–Crippen MR) is 89.5 cm³/mol. The van der Waals surface area contributed by atoms with Crippen LogP contribution in [0, 0.1) is 6.92 Å². The standard InChI is InChI=1S/C17H20N2OS/c1-12-5-10-15-16(11-12)21(20)17(19(15)4)13-6-8-14(9-7-13)18(2)3/h5-11,17H,1-4H3. The average Bonchev–Trinajstić information content (AvgIpc) is 2.70. The minimum Gasteiger partial charge on any atom is -0.378 e. The first-order valence-electron chi connectivity index (χ1n) is 7.00. The Morgan fingerprint density at radius 1 is 1.10 bits per heavy atom. The first-order valence-corrected chi connectivity index (χ1v) is 8.21. The molecule has 1 heterocycles. The molecule has 0 radical (unpaired) electrons. The van der Waals surface area contributed by atoms with E-state index < -0.39 is 10.8 Å². The second kappa shape index (κ2) is 5.19. The van der Waals surface area contributed by atoms with Gasteiger partial charge in [0.1, 0.15) is 5.37 Å². The van der Waals surface area contributed by atoms with Crippen molar-refractivity contribution in [3.8, 4) is 0 Å². The molecule has 1 aliphatic heterocycles. The Balaban J connectivity index is 1.99. The minimum absolute atomic E-state index is 0.0991. The fraction of sp³-hybridized carbons (Fsp3) is 0.294. The molecule has 2 aromatic rings. The summed E-state index contributed by atoms with van der Waals surface area (Å²) in [6, 6.07) is 14.5. The molecule has 3 rings (SSSR count). The van der Waals surface area contributed by atoms with Gasteiger partial charge in [0, 0.05) is 26.8 Å². The Morgan fingerprint density at radius 3 is 2.38 bits per heavy atom.